The summed E-state index contributed by atoms with van der Waals surface area (Å²) >= 11 is 0. The molecule has 3 heteroatoms. The lowest BCUT2D eigenvalue weighted by atomic mass is 10.1. The first kappa shape index (κ1) is 10.8. The van der Waals surface area contributed by atoms with Crippen LogP contribution in [-0.4, -0.2) is 6.04 Å². The molecular weight excluding hydrogens is 150 g/mol. The van der Waals surface area contributed by atoms with Crippen molar-refractivity contribution in [2.45, 2.75) is 31.7 Å². The molecule has 0 amide bonds. The van der Waals surface area contributed by atoms with Crippen LogP contribution in [0, 0.1) is 0 Å². The summed E-state index contributed by atoms with van der Waals surface area (Å²) < 4.78 is 0. The van der Waals surface area contributed by atoms with Crippen molar-refractivity contribution in [2.24, 2.45) is 5.11 Å². The Hall–Kier alpha value is -1.21. The Morgan fingerprint density at radius 3 is 2.67 bits per heavy atom. The van der Waals surface area contributed by atoms with Crippen molar-refractivity contribution in [2.75, 3.05) is 0 Å². The van der Waals surface area contributed by atoms with Crippen molar-refractivity contribution in [1.29, 1.82) is 0 Å². The Bertz CT molecular complexity index is 180. The standard InChI is InChI=1S/C9H15N3/c1-3-5-6-8-9(7-4-2)11-12-10/h3-4,9H,1-2,5-8H2/t9-/m0/s1. The molecule has 0 unspecified atom stereocenters. The van der Waals surface area contributed by atoms with Gasteiger partial charge in [0.15, 0.2) is 0 Å². The summed E-state index contributed by atoms with van der Waals surface area (Å²) in [5.41, 5.74) is 8.22. The third-order valence-corrected chi connectivity index (χ3v) is 1.60. The van der Waals surface area contributed by atoms with E-state index < -0.39 is 0 Å². The lowest BCUT2D eigenvalue weighted by Gasteiger charge is -2.05. The quantitative estimate of drug-likeness (QED) is 0.182. The van der Waals surface area contributed by atoms with Crippen LogP contribution in [0.3, 0.4) is 0 Å². The molecule has 3 nitrogen and oxygen atoms in total. The van der Waals surface area contributed by atoms with E-state index in [2.05, 4.69) is 23.2 Å². The minimum Gasteiger partial charge on any atom is -0.103 e. The van der Waals surface area contributed by atoms with E-state index in [9.17, 15) is 0 Å². The molecule has 0 saturated heterocycles. The summed E-state index contributed by atoms with van der Waals surface area (Å²) in [7, 11) is 0. The van der Waals surface area contributed by atoms with Crippen LogP contribution in [-0.2, 0) is 0 Å². The summed E-state index contributed by atoms with van der Waals surface area (Å²) in [4.78, 5) is 2.78. The molecule has 0 radical (unpaired) electrons. The highest BCUT2D eigenvalue weighted by Gasteiger charge is 2.01. The molecule has 1 atom stereocenters. The summed E-state index contributed by atoms with van der Waals surface area (Å²) in [5.74, 6) is 0. The number of azide groups is 1. The van der Waals surface area contributed by atoms with Gasteiger partial charge in [0, 0.05) is 11.0 Å². The Labute approximate surface area is 73.4 Å². The van der Waals surface area contributed by atoms with Crippen molar-refractivity contribution >= 4 is 0 Å². The lowest BCUT2D eigenvalue weighted by molar-refractivity contribution is 0.591. The fourth-order valence-corrected chi connectivity index (χ4v) is 0.986. The highest BCUT2D eigenvalue weighted by molar-refractivity contribution is 4.79. The topological polar surface area (TPSA) is 48.8 Å². The van der Waals surface area contributed by atoms with E-state index in [-0.39, 0.29) is 6.04 Å². The first-order chi connectivity index (χ1) is 5.85. The highest BCUT2D eigenvalue weighted by atomic mass is 15.1. The zero-order valence-corrected chi connectivity index (χ0v) is 7.32. The smallest absolute Gasteiger partial charge is 0.0408 e. The second kappa shape index (κ2) is 7.89. The molecule has 0 heterocycles. The second-order valence-electron chi connectivity index (χ2n) is 2.60. The number of hydrogen-bond donors (Lipinski definition) is 0. The Morgan fingerprint density at radius 2 is 2.17 bits per heavy atom. The predicted octanol–water partition coefficient (Wildman–Crippen LogP) is 3.60. The zero-order chi connectivity index (χ0) is 9.23. The van der Waals surface area contributed by atoms with Crippen molar-refractivity contribution in [3.8, 4) is 0 Å². The molecule has 66 valence electrons. The molecule has 12 heavy (non-hydrogen) atoms. The van der Waals surface area contributed by atoms with E-state index in [1.54, 1.807) is 6.08 Å². The third kappa shape index (κ3) is 5.57. The highest BCUT2D eigenvalue weighted by Crippen LogP contribution is 2.09. The van der Waals surface area contributed by atoms with Gasteiger partial charge in [0.25, 0.3) is 0 Å². The number of nitrogens with zero attached hydrogens (tertiary/aromatic N) is 3. The van der Waals surface area contributed by atoms with Gasteiger partial charge >= 0.3 is 0 Å². The maximum atomic E-state index is 8.22. The van der Waals surface area contributed by atoms with Crippen LogP contribution in [0.25, 0.3) is 10.4 Å². The molecule has 0 aromatic rings. The SMILES string of the molecule is C=CCCC[C@H](CC=C)N=[N+]=[N-]. The fourth-order valence-electron chi connectivity index (χ4n) is 0.986. The van der Waals surface area contributed by atoms with E-state index in [1.165, 1.54) is 0 Å². The van der Waals surface area contributed by atoms with Crippen molar-refractivity contribution < 1.29 is 0 Å². The molecule has 0 aliphatic heterocycles. The van der Waals surface area contributed by atoms with E-state index in [0.717, 1.165) is 25.7 Å². The summed E-state index contributed by atoms with van der Waals surface area (Å²) in [6, 6.07) is 0.0763. The van der Waals surface area contributed by atoms with E-state index in [1.807, 2.05) is 6.08 Å². The van der Waals surface area contributed by atoms with Gasteiger partial charge in [-0.15, -0.1) is 13.2 Å². The Balaban J connectivity index is 3.69. The number of unbranched alkanes of at least 4 members (excludes halogenated alkanes) is 1. The largest absolute Gasteiger partial charge is 0.103 e. The van der Waals surface area contributed by atoms with E-state index >= 15 is 0 Å². The Kier molecular flexibility index (Phi) is 7.10. The molecular formula is C9H15N3. The zero-order valence-electron chi connectivity index (χ0n) is 7.32. The molecule has 0 rings (SSSR count). The molecule has 0 aromatic carbocycles. The van der Waals surface area contributed by atoms with Crippen LogP contribution < -0.4 is 0 Å². The van der Waals surface area contributed by atoms with Gasteiger partial charge in [-0.1, -0.05) is 17.3 Å². The lowest BCUT2D eigenvalue weighted by Crippen LogP contribution is -2.00. The normalized spacial score (nSPS) is 11.3. The van der Waals surface area contributed by atoms with Gasteiger partial charge in [0.1, 0.15) is 0 Å². The van der Waals surface area contributed by atoms with Gasteiger partial charge in [0.05, 0.1) is 0 Å². The third-order valence-electron chi connectivity index (χ3n) is 1.60. The van der Waals surface area contributed by atoms with Gasteiger partial charge in [-0.2, -0.15) is 0 Å². The minimum absolute atomic E-state index is 0.0763. The number of hydrogen-bond acceptors (Lipinski definition) is 1. The average molecular weight is 165 g/mol. The summed E-state index contributed by atoms with van der Waals surface area (Å²) in [5, 5.41) is 3.66. The van der Waals surface area contributed by atoms with Crippen LogP contribution >= 0.6 is 0 Å². The van der Waals surface area contributed by atoms with Gasteiger partial charge in [-0.05, 0) is 31.2 Å². The predicted molar refractivity (Wildman–Crippen MR) is 51.8 cm³/mol. The maximum Gasteiger partial charge on any atom is 0.0408 e. The van der Waals surface area contributed by atoms with Crippen LogP contribution in [0.2, 0.25) is 0 Å². The Morgan fingerprint density at radius 1 is 1.42 bits per heavy atom. The minimum atomic E-state index is 0.0763. The summed E-state index contributed by atoms with van der Waals surface area (Å²) in [6.45, 7) is 7.23. The van der Waals surface area contributed by atoms with Crippen molar-refractivity contribution in [1.82, 2.24) is 0 Å². The van der Waals surface area contributed by atoms with Crippen LogP contribution in [0.15, 0.2) is 30.4 Å². The van der Waals surface area contributed by atoms with E-state index in [4.69, 9.17) is 5.53 Å². The number of rotatable bonds is 7. The van der Waals surface area contributed by atoms with Crippen LogP contribution in [0.4, 0.5) is 0 Å². The van der Waals surface area contributed by atoms with Crippen molar-refractivity contribution in [3.05, 3.63) is 35.8 Å². The number of allylic oxidation sites excluding steroid dienone is 1. The molecule has 0 saturated carbocycles. The van der Waals surface area contributed by atoms with Crippen molar-refractivity contribution in [3.63, 3.8) is 0 Å². The maximum absolute atomic E-state index is 8.22. The molecule has 0 bridgehead atoms. The van der Waals surface area contributed by atoms with E-state index in [0.29, 0.717) is 0 Å². The van der Waals surface area contributed by atoms with Gasteiger partial charge in [0.2, 0.25) is 0 Å². The molecule has 0 aromatic heterocycles. The molecule has 0 fully saturated rings. The van der Waals surface area contributed by atoms with Crippen LogP contribution in [0.1, 0.15) is 25.7 Å². The van der Waals surface area contributed by atoms with Gasteiger partial charge in [-0.25, -0.2) is 0 Å². The molecule has 0 N–H and O–H groups in total. The van der Waals surface area contributed by atoms with Crippen LogP contribution in [0.5, 0.6) is 0 Å². The first-order valence-corrected chi connectivity index (χ1v) is 4.11. The van der Waals surface area contributed by atoms with Gasteiger partial charge in [-0.3, -0.25) is 0 Å². The molecule has 0 spiro atoms. The summed E-state index contributed by atoms with van der Waals surface area (Å²) in [6.07, 6.45) is 7.35. The monoisotopic (exact) mass is 165 g/mol. The molecule has 0 aliphatic carbocycles. The second-order valence-corrected chi connectivity index (χ2v) is 2.60. The average Bonchev–Trinajstić information content (AvgIpc) is 2.06. The fraction of sp³-hybridized carbons (Fsp3) is 0.556. The molecule has 0 aliphatic rings. The van der Waals surface area contributed by atoms with Gasteiger partial charge < -0.3 is 0 Å². The first-order valence-electron chi connectivity index (χ1n) is 4.11.